The maximum Gasteiger partial charge on any atom is 0.0697 e. The first-order chi connectivity index (χ1) is 5.85. The topological polar surface area (TPSA) is 35.2 Å². The highest BCUT2D eigenvalue weighted by atomic mass is 16.5. The fourth-order valence-corrected chi connectivity index (χ4v) is 2.62. The average molecular weight is 169 g/mol. The summed E-state index contributed by atoms with van der Waals surface area (Å²) in [6.45, 7) is 1.69. The number of rotatable bonds is 1. The predicted octanol–water partition coefficient (Wildman–Crippen LogP) is 1.68. The molecule has 0 aromatic carbocycles. The van der Waals surface area contributed by atoms with Crippen LogP contribution in [0.1, 0.15) is 38.5 Å². The van der Waals surface area contributed by atoms with Crippen LogP contribution in [0.25, 0.3) is 0 Å². The largest absolute Gasteiger partial charge is 0.376 e. The van der Waals surface area contributed by atoms with E-state index in [0.717, 1.165) is 6.61 Å². The Morgan fingerprint density at radius 2 is 2.00 bits per heavy atom. The summed E-state index contributed by atoms with van der Waals surface area (Å²) in [6, 6.07) is 0. The van der Waals surface area contributed by atoms with E-state index >= 15 is 0 Å². The van der Waals surface area contributed by atoms with Crippen molar-refractivity contribution in [1.29, 1.82) is 0 Å². The maximum absolute atomic E-state index is 5.74. The first-order valence-corrected chi connectivity index (χ1v) is 5.16. The number of nitrogens with two attached hydrogens (primary N) is 1. The number of ether oxygens (including phenoxy) is 1. The first kappa shape index (κ1) is 8.52. The molecule has 2 fully saturated rings. The van der Waals surface area contributed by atoms with E-state index in [2.05, 4.69) is 0 Å². The molecule has 1 saturated carbocycles. The quantitative estimate of drug-likeness (QED) is 0.648. The zero-order valence-electron chi connectivity index (χ0n) is 7.72. The van der Waals surface area contributed by atoms with Gasteiger partial charge in [0, 0.05) is 6.54 Å². The maximum atomic E-state index is 5.74. The lowest BCUT2D eigenvalue weighted by Crippen LogP contribution is -2.37. The van der Waals surface area contributed by atoms with E-state index in [0.29, 0.717) is 18.1 Å². The zero-order valence-corrected chi connectivity index (χ0v) is 7.72. The minimum Gasteiger partial charge on any atom is -0.376 e. The highest BCUT2D eigenvalue weighted by Crippen LogP contribution is 2.44. The van der Waals surface area contributed by atoms with Crippen LogP contribution in [0.15, 0.2) is 0 Å². The van der Waals surface area contributed by atoms with Crippen LogP contribution in [0.2, 0.25) is 0 Å². The Labute approximate surface area is 74.5 Å². The average Bonchev–Trinajstić information content (AvgIpc) is 2.55. The molecule has 1 atom stereocenters. The van der Waals surface area contributed by atoms with Gasteiger partial charge in [-0.05, 0) is 31.1 Å². The van der Waals surface area contributed by atoms with Gasteiger partial charge < -0.3 is 10.5 Å². The standard InChI is InChI=1S/C10H19NO/c11-7-9-3-6-10(8-12-9)4-1-2-5-10/h9H,1-8,11H2. The molecule has 0 amide bonds. The molecule has 12 heavy (non-hydrogen) atoms. The molecule has 2 aliphatic rings. The van der Waals surface area contributed by atoms with Crippen LogP contribution in [0, 0.1) is 5.41 Å². The van der Waals surface area contributed by atoms with Crippen LogP contribution in [0.5, 0.6) is 0 Å². The molecule has 0 radical (unpaired) electrons. The van der Waals surface area contributed by atoms with E-state index in [1.165, 1.54) is 38.5 Å². The van der Waals surface area contributed by atoms with E-state index in [1.54, 1.807) is 0 Å². The SMILES string of the molecule is NCC1CCC2(CCCC2)CO1. The lowest BCUT2D eigenvalue weighted by Gasteiger charge is -2.36. The third-order valence-corrected chi connectivity index (χ3v) is 3.55. The van der Waals surface area contributed by atoms with Crippen molar-refractivity contribution in [3.05, 3.63) is 0 Å². The molecule has 1 saturated heterocycles. The van der Waals surface area contributed by atoms with Crippen LogP contribution in [-0.2, 0) is 4.74 Å². The Balaban J connectivity index is 1.88. The molecule has 0 aromatic rings. The minimum atomic E-state index is 0.358. The molecule has 2 N–H and O–H groups in total. The predicted molar refractivity (Wildman–Crippen MR) is 48.9 cm³/mol. The van der Waals surface area contributed by atoms with Gasteiger partial charge in [0.25, 0.3) is 0 Å². The van der Waals surface area contributed by atoms with Gasteiger partial charge in [-0.1, -0.05) is 12.8 Å². The fourth-order valence-electron chi connectivity index (χ4n) is 2.62. The van der Waals surface area contributed by atoms with Crippen molar-refractivity contribution in [2.45, 2.75) is 44.6 Å². The highest BCUT2D eigenvalue weighted by molar-refractivity contribution is 4.88. The number of hydrogen-bond donors (Lipinski definition) is 1. The second-order valence-electron chi connectivity index (χ2n) is 4.41. The third kappa shape index (κ3) is 1.50. The lowest BCUT2D eigenvalue weighted by atomic mass is 9.80. The smallest absolute Gasteiger partial charge is 0.0697 e. The van der Waals surface area contributed by atoms with Crippen LogP contribution < -0.4 is 5.73 Å². The summed E-state index contributed by atoms with van der Waals surface area (Å²) in [6.07, 6.45) is 8.52. The molecular formula is C10H19NO. The molecular weight excluding hydrogens is 150 g/mol. The molecule has 0 bridgehead atoms. The van der Waals surface area contributed by atoms with Gasteiger partial charge in [0.2, 0.25) is 0 Å². The second-order valence-corrected chi connectivity index (χ2v) is 4.41. The fraction of sp³-hybridized carbons (Fsp3) is 1.00. The molecule has 1 aliphatic carbocycles. The summed E-state index contributed by atoms with van der Waals surface area (Å²) in [7, 11) is 0. The zero-order chi connectivity index (χ0) is 8.44. The van der Waals surface area contributed by atoms with Gasteiger partial charge >= 0.3 is 0 Å². The summed E-state index contributed by atoms with van der Waals surface area (Å²) >= 11 is 0. The van der Waals surface area contributed by atoms with Gasteiger partial charge in [-0.25, -0.2) is 0 Å². The van der Waals surface area contributed by atoms with Crippen LogP contribution in [0.4, 0.5) is 0 Å². The normalized spacial score (nSPS) is 34.2. The van der Waals surface area contributed by atoms with Crippen LogP contribution in [-0.4, -0.2) is 19.3 Å². The Morgan fingerprint density at radius 3 is 2.50 bits per heavy atom. The second kappa shape index (κ2) is 3.35. The van der Waals surface area contributed by atoms with Crippen molar-refractivity contribution in [2.75, 3.05) is 13.2 Å². The van der Waals surface area contributed by atoms with Crippen LogP contribution in [0.3, 0.4) is 0 Å². The Bertz CT molecular complexity index is 142. The van der Waals surface area contributed by atoms with Gasteiger partial charge in [-0.2, -0.15) is 0 Å². The van der Waals surface area contributed by atoms with Gasteiger partial charge in [0.15, 0.2) is 0 Å². The Morgan fingerprint density at radius 1 is 1.25 bits per heavy atom. The van der Waals surface area contributed by atoms with Crippen molar-refractivity contribution >= 4 is 0 Å². The van der Waals surface area contributed by atoms with Crippen molar-refractivity contribution in [2.24, 2.45) is 11.1 Å². The van der Waals surface area contributed by atoms with Gasteiger partial charge in [0.1, 0.15) is 0 Å². The summed E-state index contributed by atoms with van der Waals surface area (Å²) in [5.74, 6) is 0. The van der Waals surface area contributed by atoms with Crippen molar-refractivity contribution in [3.8, 4) is 0 Å². The molecule has 2 nitrogen and oxygen atoms in total. The van der Waals surface area contributed by atoms with Gasteiger partial charge in [0.05, 0.1) is 12.7 Å². The molecule has 70 valence electrons. The van der Waals surface area contributed by atoms with Crippen molar-refractivity contribution in [1.82, 2.24) is 0 Å². The van der Waals surface area contributed by atoms with E-state index in [4.69, 9.17) is 10.5 Å². The van der Waals surface area contributed by atoms with E-state index in [1.807, 2.05) is 0 Å². The molecule has 1 spiro atoms. The van der Waals surface area contributed by atoms with Crippen molar-refractivity contribution < 1.29 is 4.74 Å². The molecule has 2 heteroatoms. The van der Waals surface area contributed by atoms with Gasteiger partial charge in [-0.15, -0.1) is 0 Å². The Hall–Kier alpha value is -0.0800. The molecule has 2 rings (SSSR count). The van der Waals surface area contributed by atoms with E-state index in [9.17, 15) is 0 Å². The molecule has 1 aliphatic heterocycles. The molecule has 0 aromatic heterocycles. The summed E-state index contributed by atoms with van der Waals surface area (Å²) in [4.78, 5) is 0. The number of hydrogen-bond acceptors (Lipinski definition) is 2. The Kier molecular flexibility index (Phi) is 2.37. The van der Waals surface area contributed by atoms with Crippen molar-refractivity contribution in [3.63, 3.8) is 0 Å². The van der Waals surface area contributed by atoms with Gasteiger partial charge in [-0.3, -0.25) is 0 Å². The minimum absolute atomic E-state index is 0.358. The summed E-state index contributed by atoms with van der Waals surface area (Å²) in [5.41, 5.74) is 6.14. The van der Waals surface area contributed by atoms with E-state index < -0.39 is 0 Å². The van der Waals surface area contributed by atoms with Crippen LogP contribution >= 0.6 is 0 Å². The monoisotopic (exact) mass is 169 g/mol. The lowest BCUT2D eigenvalue weighted by molar-refractivity contribution is -0.0554. The molecule has 1 heterocycles. The highest BCUT2D eigenvalue weighted by Gasteiger charge is 2.37. The summed E-state index contributed by atoms with van der Waals surface area (Å²) in [5, 5.41) is 0. The van der Waals surface area contributed by atoms with E-state index in [-0.39, 0.29) is 0 Å². The molecule has 1 unspecified atom stereocenters. The first-order valence-electron chi connectivity index (χ1n) is 5.16. The third-order valence-electron chi connectivity index (χ3n) is 3.55. The summed E-state index contributed by atoms with van der Waals surface area (Å²) < 4.78 is 5.74.